The van der Waals surface area contributed by atoms with Crippen LogP contribution >= 0.6 is 11.3 Å². The maximum Gasteiger partial charge on any atom is 0.250 e. The van der Waals surface area contributed by atoms with E-state index >= 15 is 0 Å². The van der Waals surface area contributed by atoms with Crippen LogP contribution in [0.2, 0.25) is 0 Å². The Morgan fingerprint density at radius 2 is 1.72 bits per heavy atom. The van der Waals surface area contributed by atoms with Crippen molar-refractivity contribution in [3.63, 3.8) is 0 Å². The Morgan fingerprint density at radius 3 is 2.41 bits per heavy atom. The maximum atomic E-state index is 12.3. The molecule has 0 atom stereocenters. The first-order chi connectivity index (χ1) is 15.4. The Morgan fingerprint density at radius 1 is 1.00 bits per heavy atom. The van der Waals surface area contributed by atoms with Crippen molar-refractivity contribution in [1.29, 1.82) is 0 Å². The van der Waals surface area contributed by atoms with Gasteiger partial charge in [-0.25, -0.2) is 18.1 Å². The van der Waals surface area contributed by atoms with Gasteiger partial charge in [0.05, 0.1) is 5.52 Å². The van der Waals surface area contributed by atoms with Crippen LogP contribution in [0.3, 0.4) is 0 Å². The zero-order chi connectivity index (χ0) is 22.6. The van der Waals surface area contributed by atoms with Crippen molar-refractivity contribution in [3.05, 3.63) is 41.8 Å². The van der Waals surface area contributed by atoms with Crippen molar-refractivity contribution in [2.24, 2.45) is 11.8 Å². The van der Waals surface area contributed by atoms with Gasteiger partial charge in [-0.15, -0.1) is 11.3 Å². The number of para-hydroxylation sites is 1. The highest BCUT2D eigenvalue weighted by atomic mass is 32.2. The lowest BCUT2D eigenvalue weighted by Gasteiger charge is -2.28. The summed E-state index contributed by atoms with van der Waals surface area (Å²) < 4.78 is 27.8. The molecule has 4 rings (SSSR count). The van der Waals surface area contributed by atoms with E-state index in [1.807, 2.05) is 24.3 Å². The zero-order valence-electron chi connectivity index (χ0n) is 18.5. The molecule has 0 aliphatic heterocycles. The molecule has 1 fully saturated rings. The van der Waals surface area contributed by atoms with Gasteiger partial charge < -0.3 is 10.6 Å². The smallest absolute Gasteiger partial charge is 0.250 e. The zero-order valence-corrected chi connectivity index (χ0v) is 20.2. The van der Waals surface area contributed by atoms with Crippen LogP contribution in [0.25, 0.3) is 10.9 Å². The summed E-state index contributed by atoms with van der Waals surface area (Å²) in [4.78, 5) is 9.40. The first-order valence-corrected chi connectivity index (χ1v) is 13.6. The summed E-state index contributed by atoms with van der Waals surface area (Å²) in [7, 11) is -3.37. The summed E-state index contributed by atoms with van der Waals surface area (Å²) in [6, 6.07) is 11.7. The molecule has 3 aromatic rings. The van der Waals surface area contributed by atoms with Gasteiger partial charge in [0.1, 0.15) is 10.0 Å². The van der Waals surface area contributed by atoms with Gasteiger partial charge in [-0.05, 0) is 74.9 Å². The van der Waals surface area contributed by atoms with E-state index in [0.717, 1.165) is 48.9 Å². The van der Waals surface area contributed by atoms with Gasteiger partial charge in [-0.2, -0.15) is 4.98 Å². The number of benzene rings is 1. The highest BCUT2D eigenvalue weighted by molar-refractivity contribution is 7.91. The summed E-state index contributed by atoms with van der Waals surface area (Å²) >= 11 is 1.25. The molecule has 3 N–H and O–H groups in total. The SMILES string of the molecule is CC(C)Nc1nc(NCC2CCC(CNS(=O)(=O)c3cccs3)CC2)nc2ccccc12. The fourth-order valence-electron chi connectivity index (χ4n) is 4.13. The standard InChI is InChI=1S/C23H31N5O2S2/c1-16(2)26-22-19-6-3-4-7-20(19)27-23(28-22)24-14-17-9-11-18(12-10-17)15-25-32(29,30)21-8-5-13-31-21/h3-8,13,16-18,25H,9-12,14-15H2,1-2H3,(H2,24,26,27,28). The minimum absolute atomic E-state index is 0.286. The molecule has 1 aliphatic carbocycles. The lowest BCUT2D eigenvalue weighted by atomic mass is 9.82. The molecular weight excluding hydrogens is 442 g/mol. The highest BCUT2D eigenvalue weighted by Crippen LogP contribution is 2.29. The molecular formula is C23H31N5O2S2. The van der Waals surface area contributed by atoms with Crippen molar-refractivity contribution >= 4 is 44.0 Å². The van der Waals surface area contributed by atoms with E-state index in [4.69, 9.17) is 4.98 Å². The van der Waals surface area contributed by atoms with Gasteiger partial charge in [0.2, 0.25) is 16.0 Å². The van der Waals surface area contributed by atoms with Crippen molar-refractivity contribution in [1.82, 2.24) is 14.7 Å². The molecule has 9 heteroatoms. The van der Waals surface area contributed by atoms with Gasteiger partial charge in [-0.1, -0.05) is 18.2 Å². The number of fused-ring (bicyclic) bond motifs is 1. The topological polar surface area (TPSA) is 96.0 Å². The van der Waals surface area contributed by atoms with Crippen LogP contribution < -0.4 is 15.4 Å². The molecule has 0 unspecified atom stereocenters. The van der Waals surface area contributed by atoms with Crippen molar-refractivity contribution < 1.29 is 8.42 Å². The van der Waals surface area contributed by atoms with Crippen LogP contribution in [0.4, 0.5) is 11.8 Å². The minimum Gasteiger partial charge on any atom is -0.367 e. The number of hydrogen-bond donors (Lipinski definition) is 3. The molecule has 0 bridgehead atoms. The lowest BCUT2D eigenvalue weighted by molar-refractivity contribution is 0.284. The molecule has 0 radical (unpaired) electrons. The predicted molar refractivity (Wildman–Crippen MR) is 132 cm³/mol. The second-order valence-electron chi connectivity index (χ2n) is 8.76. The van der Waals surface area contributed by atoms with Gasteiger partial charge in [0.15, 0.2) is 0 Å². The van der Waals surface area contributed by atoms with E-state index in [9.17, 15) is 8.42 Å². The van der Waals surface area contributed by atoms with Crippen LogP contribution in [-0.4, -0.2) is 37.5 Å². The average Bonchev–Trinajstić information content (AvgIpc) is 3.33. The number of rotatable bonds is 9. The monoisotopic (exact) mass is 473 g/mol. The first-order valence-electron chi connectivity index (χ1n) is 11.2. The van der Waals surface area contributed by atoms with Crippen LogP contribution in [0, 0.1) is 11.8 Å². The number of anilines is 2. The number of thiophene rings is 1. The van der Waals surface area contributed by atoms with Crippen LogP contribution in [0.5, 0.6) is 0 Å². The second kappa shape index (κ2) is 10.1. The van der Waals surface area contributed by atoms with E-state index in [-0.39, 0.29) is 6.04 Å². The third-order valence-electron chi connectivity index (χ3n) is 5.87. The Hall–Kier alpha value is -2.23. The highest BCUT2D eigenvalue weighted by Gasteiger charge is 2.24. The minimum atomic E-state index is -3.37. The fraction of sp³-hybridized carbons (Fsp3) is 0.478. The van der Waals surface area contributed by atoms with Crippen molar-refractivity contribution in [2.75, 3.05) is 23.7 Å². The van der Waals surface area contributed by atoms with Gasteiger partial charge >= 0.3 is 0 Å². The Balaban J connectivity index is 1.29. The third kappa shape index (κ3) is 5.76. The molecule has 2 aromatic heterocycles. The Bertz CT molecular complexity index is 1120. The van der Waals surface area contributed by atoms with Crippen LogP contribution in [-0.2, 0) is 10.0 Å². The summed E-state index contributed by atoms with van der Waals surface area (Å²) in [6.07, 6.45) is 4.20. The van der Waals surface area contributed by atoms with E-state index < -0.39 is 10.0 Å². The van der Waals surface area contributed by atoms with Crippen molar-refractivity contribution in [3.8, 4) is 0 Å². The molecule has 0 spiro atoms. The average molecular weight is 474 g/mol. The van der Waals surface area contributed by atoms with Crippen LogP contribution in [0.15, 0.2) is 46.0 Å². The van der Waals surface area contributed by atoms with Gasteiger partial charge in [-0.3, -0.25) is 0 Å². The molecule has 1 aromatic carbocycles. The largest absolute Gasteiger partial charge is 0.367 e. The normalized spacial score (nSPS) is 19.3. The third-order valence-corrected chi connectivity index (χ3v) is 8.69. The number of nitrogens with zero attached hydrogens (tertiary/aromatic N) is 2. The number of hydrogen-bond acceptors (Lipinski definition) is 7. The first kappa shape index (κ1) is 22.9. The van der Waals surface area contributed by atoms with Crippen molar-refractivity contribution in [2.45, 2.75) is 49.8 Å². The number of aromatic nitrogens is 2. The summed E-state index contributed by atoms with van der Waals surface area (Å²) in [5.41, 5.74) is 0.926. The van der Waals surface area contributed by atoms with Crippen LogP contribution in [0.1, 0.15) is 39.5 Å². The van der Waals surface area contributed by atoms with E-state index in [0.29, 0.717) is 28.5 Å². The second-order valence-corrected chi connectivity index (χ2v) is 11.7. The van der Waals surface area contributed by atoms with Gasteiger partial charge in [0.25, 0.3) is 0 Å². The molecule has 7 nitrogen and oxygen atoms in total. The summed E-state index contributed by atoms with van der Waals surface area (Å²) in [6.45, 7) is 5.54. The van der Waals surface area contributed by atoms with E-state index in [1.165, 1.54) is 11.3 Å². The number of sulfonamides is 1. The van der Waals surface area contributed by atoms with E-state index in [2.05, 4.69) is 34.2 Å². The maximum absolute atomic E-state index is 12.3. The molecule has 0 amide bonds. The molecule has 0 saturated heterocycles. The lowest BCUT2D eigenvalue weighted by Crippen LogP contribution is -2.32. The molecule has 2 heterocycles. The Labute approximate surface area is 194 Å². The molecule has 32 heavy (non-hydrogen) atoms. The molecule has 1 aliphatic rings. The van der Waals surface area contributed by atoms with E-state index in [1.54, 1.807) is 17.5 Å². The fourth-order valence-corrected chi connectivity index (χ4v) is 6.28. The number of nitrogens with one attached hydrogen (secondary N) is 3. The molecule has 1 saturated carbocycles. The Kier molecular flexibility index (Phi) is 7.27. The summed E-state index contributed by atoms with van der Waals surface area (Å²) in [5, 5.41) is 9.67. The molecule has 172 valence electrons. The predicted octanol–water partition coefficient (Wildman–Crippen LogP) is 4.71. The van der Waals surface area contributed by atoms with Gasteiger partial charge in [0, 0.05) is 24.5 Å². The quantitative estimate of drug-likeness (QED) is 0.417. The summed E-state index contributed by atoms with van der Waals surface area (Å²) in [5.74, 6) is 2.43.